The highest BCUT2D eigenvalue weighted by Gasteiger charge is 2.46. The van der Waals surface area contributed by atoms with E-state index < -0.39 is 77.2 Å². The number of carbonyl (C=O) groups excluding carboxylic acids is 1. The quantitative estimate of drug-likeness (QED) is 0.0935. The second kappa shape index (κ2) is 11.2. The summed E-state index contributed by atoms with van der Waals surface area (Å²) in [5.74, 6) is -1.39. The fourth-order valence-corrected chi connectivity index (χ4v) is 6.48. The van der Waals surface area contributed by atoms with Crippen LogP contribution in [0.5, 0.6) is 0 Å². The highest BCUT2D eigenvalue weighted by atomic mass is 31.2. The number of ether oxygens (including phenoxy) is 1. The average Bonchev–Trinajstić information content (AvgIpc) is 3.36. The van der Waals surface area contributed by atoms with Gasteiger partial charge in [-0.2, -0.15) is 0 Å². The lowest BCUT2D eigenvalue weighted by Gasteiger charge is -2.22. The van der Waals surface area contributed by atoms with Crippen molar-refractivity contribution >= 4 is 38.5 Å². The number of carbonyl (C=O) groups is 1. The number of aliphatic hydroxyl groups is 5. The second-order valence-corrected chi connectivity index (χ2v) is 12.0. The third-order valence-corrected chi connectivity index (χ3v) is 9.09. The zero-order valence-electron chi connectivity index (χ0n) is 18.2. The fourth-order valence-electron chi connectivity index (χ4n) is 3.25. The van der Waals surface area contributed by atoms with Gasteiger partial charge in [-0.05, 0) is 0 Å². The summed E-state index contributed by atoms with van der Waals surface area (Å²) in [6, 6.07) is 0. The highest BCUT2D eigenvalue weighted by Crippen LogP contribution is 2.58. The van der Waals surface area contributed by atoms with E-state index in [9.17, 15) is 44.1 Å². The van der Waals surface area contributed by atoms with Crippen LogP contribution in [0.15, 0.2) is 12.7 Å². The van der Waals surface area contributed by atoms with Crippen molar-refractivity contribution < 1.29 is 63.0 Å². The van der Waals surface area contributed by atoms with Crippen molar-refractivity contribution in [3.05, 3.63) is 12.7 Å². The Hall–Kier alpha value is -1.92. The van der Waals surface area contributed by atoms with Gasteiger partial charge >= 0.3 is 15.2 Å². The second-order valence-electron chi connectivity index (χ2n) is 7.82. The number of rotatable bonds is 12. The normalized spacial score (nSPS) is 28.3. The van der Waals surface area contributed by atoms with E-state index in [4.69, 9.17) is 20.1 Å². The molecule has 0 bridgehead atoms. The fraction of sp³-hybridized carbons (Fsp3) is 0.625. The number of aldehydes is 1. The van der Waals surface area contributed by atoms with Crippen LogP contribution in [0.4, 0.5) is 5.82 Å². The molecule has 1 saturated heterocycles. The van der Waals surface area contributed by atoms with Crippen molar-refractivity contribution in [1.82, 2.24) is 19.5 Å². The van der Waals surface area contributed by atoms with Gasteiger partial charge in [0, 0.05) is 0 Å². The van der Waals surface area contributed by atoms with Gasteiger partial charge in [0.05, 0.1) is 19.5 Å². The monoisotopic (exact) mass is 557 g/mol. The van der Waals surface area contributed by atoms with Gasteiger partial charge in [0.2, 0.25) is 0 Å². The topological polar surface area (TPSA) is 290 Å². The van der Waals surface area contributed by atoms with Crippen LogP contribution in [0.25, 0.3) is 11.2 Å². The Balaban J connectivity index is 1.58. The van der Waals surface area contributed by atoms with Crippen molar-refractivity contribution in [1.29, 1.82) is 0 Å². The van der Waals surface area contributed by atoms with Gasteiger partial charge in [0.25, 0.3) is 0 Å². The molecular weight excluding hydrogens is 532 g/mol. The molecule has 0 aliphatic carbocycles. The summed E-state index contributed by atoms with van der Waals surface area (Å²) in [5.41, 5.74) is 6.10. The molecule has 0 amide bonds. The lowest BCUT2D eigenvalue weighted by molar-refractivity contribution is -0.127. The number of aliphatic hydroxyl groups excluding tert-OH is 5. The number of aromatic nitrogens is 4. The van der Waals surface area contributed by atoms with Crippen LogP contribution >= 0.6 is 15.2 Å². The molecule has 0 saturated carbocycles. The molecule has 2 aromatic heterocycles. The molecule has 18 nitrogen and oxygen atoms in total. The van der Waals surface area contributed by atoms with Gasteiger partial charge < -0.3 is 59.6 Å². The van der Waals surface area contributed by atoms with E-state index in [1.165, 1.54) is 10.9 Å². The predicted molar refractivity (Wildman–Crippen MR) is 116 cm³/mol. The van der Waals surface area contributed by atoms with Gasteiger partial charge in [0.15, 0.2) is 29.9 Å². The summed E-state index contributed by atoms with van der Waals surface area (Å²) in [7, 11) is -9.75. The van der Waals surface area contributed by atoms with Crippen LogP contribution in [0, 0.1) is 0 Å². The van der Waals surface area contributed by atoms with Gasteiger partial charge in [-0.25, -0.2) is 15.0 Å². The minimum absolute atomic E-state index is 0.0606. The Labute approximate surface area is 202 Å². The molecule has 202 valence electrons. The maximum atomic E-state index is 12.3. The number of nitrogens with two attached hydrogens (primary N) is 1. The van der Waals surface area contributed by atoms with Crippen molar-refractivity contribution in [2.45, 2.75) is 42.9 Å². The maximum Gasteiger partial charge on any atom is 0.340 e. The first kappa shape index (κ1) is 28.6. The number of nitrogen functional groups attached to an aromatic ring is 1. The van der Waals surface area contributed by atoms with E-state index >= 15 is 0 Å². The SMILES string of the molecule is Nc1ncnc2c1ncn2[C@@H]1O[C@H](COP(=O)(O)CP(=O)(O)OC[C@@H](O)[C@@H](O)[C@@H](O)C=O)[C@@H](O)[C@H]1O. The summed E-state index contributed by atoms with van der Waals surface area (Å²) in [5, 5.41) is 48.9. The molecule has 1 aliphatic heterocycles. The van der Waals surface area contributed by atoms with E-state index in [0.29, 0.717) is 0 Å². The van der Waals surface area contributed by atoms with Crippen LogP contribution in [0.1, 0.15) is 6.23 Å². The predicted octanol–water partition coefficient (Wildman–Crippen LogP) is -3.33. The van der Waals surface area contributed by atoms with Crippen LogP contribution in [0.3, 0.4) is 0 Å². The molecule has 3 rings (SSSR count). The number of hydrogen-bond donors (Lipinski definition) is 8. The summed E-state index contributed by atoms with van der Waals surface area (Å²) < 4.78 is 40.5. The first-order chi connectivity index (χ1) is 16.8. The molecule has 0 radical (unpaired) electrons. The van der Waals surface area contributed by atoms with Crippen LogP contribution in [0.2, 0.25) is 0 Å². The number of hydrogen-bond acceptors (Lipinski definition) is 15. The first-order valence-corrected chi connectivity index (χ1v) is 13.7. The minimum atomic E-state index is -4.89. The zero-order chi connectivity index (χ0) is 26.8. The van der Waals surface area contributed by atoms with E-state index in [-0.39, 0.29) is 23.3 Å². The average molecular weight is 557 g/mol. The van der Waals surface area contributed by atoms with Crippen molar-refractivity contribution in [2.24, 2.45) is 0 Å². The van der Waals surface area contributed by atoms with E-state index in [1.54, 1.807) is 0 Å². The summed E-state index contributed by atoms with van der Waals surface area (Å²) >= 11 is 0. The van der Waals surface area contributed by atoms with Crippen molar-refractivity contribution in [3.63, 3.8) is 0 Å². The number of fused-ring (bicyclic) bond motifs is 1. The van der Waals surface area contributed by atoms with Crippen LogP contribution < -0.4 is 5.73 Å². The van der Waals surface area contributed by atoms with Gasteiger partial charge in [-0.1, -0.05) is 0 Å². The first-order valence-electron chi connectivity index (χ1n) is 10.1. The van der Waals surface area contributed by atoms with Crippen LogP contribution in [-0.2, 0) is 27.7 Å². The Morgan fingerprint density at radius 1 is 1.11 bits per heavy atom. The molecule has 9 atom stereocenters. The van der Waals surface area contributed by atoms with Gasteiger partial charge in [-0.15, -0.1) is 0 Å². The number of imidazole rings is 1. The summed E-state index contributed by atoms with van der Waals surface area (Å²) in [6.07, 6.45) is -9.45. The number of nitrogens with zero attached hydrogens (tertiary/aromatic N) is 4. The smallest absolute Gasteiger partial charge is 0.340 e. The Morgan fingerprint density at radius 3 is 2.44 bits per heavy atom. The third-order valence-electron chi connectivity index (χ3n) is 5.13. The van der Waals surface area contributed by atoms with E-state index in [1.807, 2.05) is 0 Å². The molecule has 2 unspecified atom stereocenters. The molecule has 9 N–H and O–H groups in total. The number of anilines is 1. The molecule has 1 fully saturated rings. The summed E-state index contributed by atoms with van der Waals surface area (Å²) in [6.45, 7) is -1.86. The molecular formula is C16H25N5O13P2. The highest BCUT2D eigenvalue weighted by molar-refractivity contribution is 7.70. The van der Waals surface area contributed by atoms with E-state index in [0.717, 1.165) is 6.33 Å². The summed E-state index contributed by atoms with van der Waals surface area (Å²) in [4.78, 5) is 42.0. The molecule has 36 heavy (non-hydrogen) atoms. The van der Waals surface area contributed by atoms with Gasteiger partial charge in [-0.3, -0.25) is 13.7 Å². The Kier molecular flexibility index (Phi) is 8.93. The lowest BCUT2D eigenvalue weighted by atomic mass is 10.1. The maximum absolute atomic E-state index is 12.3. The van der Waals surface area contributed by atoms with Gasteiger partial charge in [0.1, 0.15) is 48.5 Å². The van der Waals surface area contributed by atoms with E-state index in [2.05, 4.69) is 19.5 Å². The minimum Gasteiger partial charge on any atom is -0.388 e. The third kappa shape index (κ3) is 6.49. The molecule has 20 heteroatoms. The lowest BCUT2D eigenvalue weighted by Crippen LogP contribution is -2.40. The molecule has 0 spiro atoms. The van der Waals surface area contributed by atoms with Crippen molar-refractivity contribution in [2.75, 3.05) is 24.9 Å². The molecule has 2 aromatic rings. The standard InChI is InChI=1S/C16H25N5O13P2/c17-14-10-15(19-4-18-14)21(5-20-10)16-13(27)12(26)9(34-16)3-33-36(30,31)6-35(28,29)32-2-8(24)11(25)7(23)1-22/h1,4-5,7-9,11-13,16,23-27H,2-3,6H2,(H,28,29)(H,30,31)(H2,17,18,19)/t7-,8+,9+,11-,12+,13+,16+/m0/s1. The van der Waals surface area contributed by atoms with Crippen molar-refractivity contribution in [3.8, 4) is 0 Å². The molecule has 0 aromatic carbocycles. The Bertz CT molecular complexity index is 1170. The molecule has 3 heterocycles. The molecule has 1 aliphatic rings. The zero-order valence-corrected chi connectivity index (χ0v) is 20.0. The van der Waals surface area contributed by atoms with Crippen LogP contribution in [-0.4, -0.2) is 117 Å². The largest absolute Gasteiger partial charge is 0.388 e. The Morgan fingerprint density at radius 2 is 1.78 bits per heavy atom.